The Morgan fingerprint density at radius 3 is 2.39 bits per heavy atom. The van der Waals surface area contributed by atoms with Gasteiger partial charge in [0.25, 0.3) is 5.91 Å². The molecule has 0 spiro atoms. The minimum Gasteiger partial charge on any atom is -0.497 e. The molecule has 0 saturated heterocycles. The number of rotatable bonds is 6. The van der Waals surface area contributed by atoms with Gasteiger partial charge in [0.05, 0.1) is 19.7 Å². The lowest BCUT2D eigenvalue weighted by Crippen LogP contribution is -2.41. The van der Waals surface area contributed by atoms with Crippen LogP contribution in [0.4, 0.5) is 0 Å². The highest BCUT2D eigenvalue weighted by Gasteiger charge is 2.16. The predicted octanol–water partition coefficient (Wildman–Crippen LogP) is 2.91. The third-order valence-corrected chi connectivity index (χ3v) is 5.55. The zero-order chi connectivity index (χ0) is 23.5. The van der Waals surface area contributed by atoms with Gasteiger partial charge in [0.1, 0.15) is 11.5 Å². The van der Waals surface area contributed by atoms with Crippen molar-refractivity contribution in [3.8, 4) is 11.5 Å². The van der Waals surface area contributed by atoms with Crippen LogP contribution in [0.5, 0.6) is 11.5 Å². The average Bonchev–Trinajstić information content (AvgIpc) is 3.20. The van der Waals surface area contributed by atoms with E-state index in [0.29, 0.717) is 23.5 Å². The van der Waals surface area contributed by atoms with Gasteiger partial charge >= 0.3 is 0 Å². The van der Waals surface area contributed by atoms with Crippen LogP contribution in [0.2, 0.25) is 0 Å². The zero-order valence-electron chi connectivity index (χ0n) is 18.9. The van der Waals surface area contributed by atoms with Crippen molar-refractivity contribution in [2.45, 2.75) is 26.7 Å². The van der Waals surface area contributed by atoms with Gasteiger partial charge in [-0.2, -0.15) is 5.10 Å². The molecule has 4 rings (SSSR count). The van der Waals surface area contributed by atoms with E-state index in [1.165, 1.54) is 14.2 Å². The maximum atomic E-state index is 12.4. The maximum Gasteiger partial charge on any atom is 0.269 e. The lowest BCUT2D eigenvalue weighted by Gasteiger charge is -2.12. The Morgan fingerprint density at radius 1 is 1.00 bits per heavy atom. The smallest absolute Gasteiger partial charge is 0.269 e. The van der Waals surface area contributed by atoms with Gasteiger partial charge in [-0.1, -0.05) is 12.1 Å². The van der Waals surface area contributed by atoms with Crippen LogP contribution in [0.25, 0.3) is 16.6 Å². The van der Waals surface area contributed by atoms with Gasteiger partial charge in [0.2, 0.25) is 5.91 Å². The molecular weight excluding hydrogens is 422 g/mol. The Balaban J connectivity index is 1.43. The number of benzene rings is 2. The highest BCUT2D eigenvalue weighted by Crippen LogP contribution is 2.23. The van der Waals surface area contributed by atoms with Crippen molar-refractivity contribution >= 4 is 28.4 Å². The van der Waals surface area contributed by atoms with Crippen LogP contribution in [0.15, 0.2) is 42.5 Å². The molecule has 0 aliphatic rings. The van der Waals surface area contributed by atoms with Crippen molar-refractivity contribution in [3.63, 3.8) is 0 Å². The molecule has 2 heterocycles. The van der Waals surface area contributed by atoms with Crippen molar-refractivity contribution < 1.29 is 19.1 Å². The zero-order valence-corrected chi connectivity index (χ0v) is 18.9. The number of aryl methyl sites for hydroxylation is 2. The normalized spacial score (nSPS) is 10.9. The number of amides is 2. The van der Waals surface area contributed by atoms with Crippen molar-refractivity contribution in [1.82, 2.24) is 25.4 Å². The summed E-state index contributed by atoms with van der Waals surface area (Å²) in [5, 5.41) is 5.63. The Kier molecular flexibility index (Phi) is 6.12. The summed E-state index contributed by atoms with van der Waals surface area (Å²) in [4.78, 5) is 29.6. The van der Waals surface area contributed by atoms with E-state index in [0.717, 1.165) is 33.5 Å². The van der Waals surface area contributed by atoms with Gasteiger partial charge in [-0.25, -0.2) is 9.50 Å². The van der Waals surface area contributed by atoms with E-state index >= 15 is 0 Å². The first-order chi connectivity index (χ1) is 15.9. The standard InChI is InChI=1S/C24H25N5O4/c1-14-19(15(2)29-23(25-14)20-7-5-6-8-21(20)28-29)9-10-22(30)26-27-24(31)16-11-17(32-3)13-18(12-16)33-4/h5-8,11-13H,9-10H2,1-4H3,(H,26,30)(H,27,31). The molecule has 4 aromatic rings. The molecule has 0 aliphatic carbocycles. The number of hydrogen-bond acceptors (Lipinski definition) is 6. The molecule has 2 aromatic heterocycles. The van der Waals surface area contributed by atoms with Gasteiger partial charge in [-0.15, -0.1) is 0 Å². The number of carbonyl (C=O) groups excluding carboxylic acids is 2. The van der Waals surface area contributed by atoms with Crippen LogP contribution in [0, 0.1) is 13.8 Å². The van der Waals surface area contributed by atoms with Crippen molar-refractivity contribution in [3.05, 3.63) is 65.0 Å². The summed E-state index contributed by atoms with van der Waals surface area (Å²) in [6.07, 6.45) is 0.642. The first kappa shape index (κ1) is 22.1. The van der Waals surface area contributed by atoms with E-state index < -0.39 is 5.91 Å². The third-order valence-electron chi connectivity index (χ3n) is 5.55. The molecule has 2 N–H and O–H groups in total. The summed E-state index contributed by atoms with van der Waals surface area (Å²) in [5.74, 6) is 0.166. The number of hydrazine groups is 1. The highest BCUT2D eigenvalue weighted by atomic mass is 16.5. The van der Waals surface area contributed by atoms with E-state index in [1.807, 2.05) is 42.6 Å². The fourth-order valence-corrected chi connectivity index (χ4v) is 3.78. The molecule has 0 fully saturated rings. The van der Waals surface area contributed by atoms with E-state index in [4.69, 9.17) is 14.5 Å². The fraction of sp³-hybridized carbons (Fsp3) is 0.250. The monoisotopic (exact) mass is 447 g/mol. The topological polar surface area (TPSA) is 107 Å². The molecule has 33 heavy (non-hydrogen) atoms. The molecule has 9 nitrogen and oxygen atoms in total. The lowest BCUT2D eigenvalue weighted by molar-refractivity contribution is -0.121. The minimum absolute atomic E-state index is 0.178. The summed E-state index contributed by atoms with van der Waals surface area (Å²) in [7, 11) is 3.00. The maximum absolute atomic E-state index is 12.4. The predicted molar refractivity (Wildman–Crippen MR) is 123 cm³/mol. The molecule has 0 radical (unpaired) electrons. The van der Waals surface area contributed by atoms with E-state index in [1.54, 1.807) is 18.2 Å². The van der Waals surface area contributed by atoms with Gasteiger partial charge < -0.3 is 9.47 Å². The number of hydrogen-bond donors (Lipinski definition) is 2. The molecule has 0 aliphatic heterocycles. The van der Waals surface area contributed by atoms with E-state index in [-0.39, 0.29) is 12.3 Å². The number of nitrogens with zero attached hydrogens (tertiary/aromatic N) is 3. The number of methoxy groups -OCH3 is 2. The molecule has 2 amide bonds. The SMILES string of the molecule is COc1cc(OC)cc(C(=O)NNC(=O)CCc2c(C)nc3c4ccccc4nn3c2C)c1. The minimum atomic E-state index is -0.473. The van der Waals surface area contributed by atoms with Gasteiger partial charge in [-0.3, -0.25) is 20.4 Å². The molecular formula is C24H25N5O4. The summed E-state index contributed by atoms with van der Waals surface area (Å²) in [6, 6.07) is 12.6. The summed E-state index contributed by atoms with van der Waals surface area (Å²) in [6.45, 7) is 3.90. The van der Waals surface area contributed by atoms with E-state index in [9.17, 15) is 9.59 Å². The van der Waals surface area contributed by atoms with Crippen molar-refractivity contribution in [1.29, 1.82) is 0 Å². The molecule has 0 bridgehead atoms. The van der Waals surface area contributed by atoms with Crippen LogP contribution in [0.1, 0.15) is 33.7 Å². The number of fused-ring (bicyclic) bond motifs is 3. The Morgan fingerprint density at radius 2 is 1.70 bits per heavy atom. The first-order valence-corrected chi connectivity index (χ1v) is 10.5. The highest BCUT2D eigenvalue weighted by molar-refractivity contribution is 5.96. The van der Waals surface area contributed by atoms with Gasteiger partial charge in [0, 0.05) is 34.8 Å². The quantitative estimate of drug-likeness (QED) is 0.440. The molecule has 2 aromatic carbocycles. The number of ether oxygens (including phenoxy) is 2. The second-order valence-corrected chi connectivity index (χ2v) is 7.62. The van der Waals surface area contributed by atoms with Crippen LogP contribution >= 0.6 is 0 Å². The molecule has 0 unspecified atom stereocenters. The van der Waals surface area contributed by atoms with Crippen molar-refractivity contribution in [2.24, 2.45) is 0 Å². The molecule has 170 valence electrons. The number of carbonyl (C=O) groups is 2. The lowest BCUT2D eigenvalue weighted by atomic mass is 10.1. The number of nitrogens with one attached hydrogen (secondary N) is 2. The van der Waals surface area contributed by atoms with Crippen LogP contribution in [-0.4, -0.2) is 40.6 Å². The molecule has 0 saturated carbocycles. The van der Waals surface area contributed by atoms with Crippen molar-refractivity contribution in [2.75, 3.05) is 14.2 Å². The largest absolute Gasteiger partial charge is 0.497 e. The Labute approximate surface area is 190 Å². The average molecular weight is 447 g/mol. The van der Waals surface area contributed by atoms with Crippen LogP contribution < -0.4 is 20.3 Å². The van der Waals surface area contributed by atoms with Gasteiger partial charge in [0.15, 0.2) is 5.65 Å². The Bertz CT molecular complexity index is 1340. The second-order valence-electron chi connectivity index (χ2n) is 7.62. The van der Waals surface area contributed by atoms with E-state index in [2.05, 4.69) is 16.0 Å². The van der Waals surface area contributed by atoms with Crippen LogP contribution in [-0.2, 0) is 11.2 Å². The second kappa shape index (κ2) is 9.15. The fourth-order valence-electron chi connectivity index (χ4n) is 3.78. The summed E-state index contributed by atoms with van der Waals surface area (Å²) in [5.41, 5.74) is 9.62. The molecule has 0 atom stereocenters. The van der Waals surface area contributed by atoms with Crippen LogP contribution in [0.3, 0.4) is 0 Å². The summed E-state index contributed by atoms with van der Waals surface area (Å²) < 4.78 is 12.2. The van der Waals surface area contributed by atoms with Gasteiger partial charge in [-0.05, 0) is 50.1 Å². The first-order valence-electron chi connectivity index (χ1n) is 10.5. The number of aromatic nitrogens is 3. The molecule has 9 heteroatoms. The third kappa shape index (κ3) is 4.43. The Hall–Kier alpha value is -4.14. The summed E-state index contributed by atoms with van der Waals surface area (Å²) >= 11 is 0.